The van der Waals surface area contributed by atoms with Gasteiger partial charge in [-0.25, -0.2) is 4.79 Å². The second-order valence-electron chi connectivity index (χ2n) is 7.17. The third kappa shape index (κ3) is 4.25. The molecule has 1 fully saturated rings. The van der Waals surface area contributed by atoms with Gasteiger partial charge in [-0.15, -0.1) is 13.2 Å². The molecule has 0 spiro atoms. The Hall–Kier alpha value is -1.65. The Bertz CT molecular complexity index is 585. The van der Waals surface area contributed by atoms with E-state index in [4.69, 9.17) is 9.78 Å². The van der Waals surface area contributed by atoms with E-state index in [9.17, 15) is 4.79 Å². The summed E-state index contributed by atoms with van der Waals surface area (Å²) < 4.78 is 0. The van der Waals surface area contributed by atoms with Crippen LogP contribution < -0.4 is 5.19 Å². The van der Waals surface area contributed by atoms with Crippen LogP contribution in [0.3, 0.4) is 0 Å². The van der Waals surface area contributed by atoms with Gasteiger partial charge in [-0.3, -0.25) is 4.89 Å². The smallest absolute Gasteiger partial charge is 0.293 e. The predicted molar refractivity (Wildman–Crippen MR) is 101 cm³/mol. The zero-order valence-electron chi connectivity index (χ0n) is 15.0. The van der Waals surface area contributed by atoms with Gasteiger partial charge in [0, 0.05) is 0 Å². The van der Waals surface area contributed by atoms with Crippen LogP contribution in [0.1, 0.15) is 43.5 Å². The number of hydrogen-bond acceptors (Lipinski definition) is 3. The molecule has 0 saturated heterocycles. The topological polar surface area (TPSA) is 35.5 Å². The normalized spacial score (nSPS) is 24.2. The highest BCUT2D eigenvalue weighted by atomic mass is 28.3. The van der Waals surface area contributed by atoms with E-state index in [1.54, 1.807) is 12.1 Å². The molecule has 0 aromatic heterocycles. The average molecular weight is 345 g/mol. The van der Waals surface area contributed by atoms with Gasteiger partial charge in [0.1, 0.15) is 14.2 Å². The molecular formula is C20H28O3Si. The number of carbonyl (C=O) groups is 1. The Labute approximate surface area is 146 Å². The summed E-state index contributed by atoms with van der Waals surface area (Å²) in [5, 5.41) is 1.17. The largest absolute Gasteiger partial charge is 0.373 e. The molecule has 0 aliphatic heterocycles. The van der Waals surface area contributed by atoms with Crippen LogP contribution in [0.5, 0.6) is 0 Å². The summed E-state index contributed by atoms with van der Waals surface area (Å²) in [4.78, 5) is 22.7. The van der Waals surface area contributed by atoms with Gasteiger partial charge >= 0.3 is 5.97 Å². The van der Waals surface area contributed by atoms with Gasteiger partial charge in [0.2, 0.25) is 0 Å². The molecule has 3 nitrogen and oxygen atoms in total. The quantitative estimate of drug-likeness (QED) is 0.437. The van der Waals surface area contributed by atoms with Crippen LogP contribution in [0.15, 0.2) is 48.8 Å². The Balaban J connectivity index is 1.96. The van der Waals surface area contributed by atoms with E-state index in [1.807, 2.05) is 23.5 Å². The molecular weight excluding hydrogens is 316 g/mol. The molecule has 1 saturated carbocycles. The first-order chi connectivity index (χ1) is 11.4. The maximum atomic E-state index is 12.2. The van der Waals surface area contributed by atoms with Crippen LogP contribution in [0.2, 0.25) is 6.55 Å². The van der Waals surface area contributed by atoms with E-state index in [0.717, 1.165) is 25.2 Å². The van der Waals surface area contributed by atoms with Crippen molar-refractivity contribution < 1.29 is 14.6 Å². The Kier molecular flexibility index (Phi) is 6.19. The van der Waals surface area contributed by atoms with E-state index >= 15 is 0 Å². The fourth-order valence-corrected chi connectivity index (χ4v) is 4.74. The molecule has 1 aliphatic rings. The van der Waals surface area contributed by atoms with Crippen molar-refractivity contribution in [3.8, 4) is 0 Å². The van der Waals surface area contributed by atoms with E-state index in [2.05, 4.69) is 33.6 Å². The van der Waals surface area contributed by atoms with Crippen LogP contribution in [0.25, 0.3) is 0 Å². The number of hydrogen-bond donors (Lipinski definition) is 0. The van der Waals surface area contributed by atoms with Gasteiger partial charge in [-0.1, -0.05) is 49.1 Å². The van der Waals surface area contributed by atoms with Crippen molar-refractivity contribution in [2.45, 2.75) is 45.8 Å². The molecule has 0 heterocycles. The van der Waals surface area contributed by atoms with Crippen molar-refractivity contribution >= 4 is 19.2 Å². The molecule has 3 atom stereocenters. The summed E-state index contributed by atoms with van der Waals surface area (Å²) in [6.07, 6.45) is 3.18. The molecule has 3 unspecified atom stereocenters. The lowest BCUT2D eigenvalue weighted by atomic mass is 9.81. The molecule has 0 amide bonds. The molecule has 0 bridgehead atoms. The zero-order valence-corrected chi connectivity index (χ0v) is 16.0. The highest BCUT2D eigenvalue weighted by Gasteiger charge is 2.28. The maximum absolute atomic E-state index is 12.2. The average Bonchev–Trinajstić information content (AvgIpc) is 2.60. The van der Waals surface area contributed by atoms with Gasteiger partial charge in [0.05, 0.1) is 5.56 Å². The van der Waals surface area contributed by atoms with Gasteiger partial charge < -0.3 is 0 Å². The van der Waals surface area contributed by atoms with Crippen molar-refractivity contribution in [1.82, 2.24) is 0 Å². The van der Waals surface area contributed by atoms with Crippen molar-refractivity contribution in [3.63, 3.8) is 0 Å². The molecule has 1 aromatic rings. The van der Waals surface area contributed by atoms with Gasteiger partial charge in [0.15, 0.2) is 0 Å². The maximum Gasteiger partial charge on any atom is 0.373 e. The van der Waals surface area contributed by atoms with Gasteiger partial charge in [0.25, 0.3) is 0 Å². The Morgan fingerprint density at radius 2 is 1.79 bits per heavy atom. The second kappa shape index (κ2) is 7.95. The summed E-state index contributed by atoms with van der Waals surface area (Å²) in [6, 6.07) is 7.48. The standard InChI is InChI=1S/C20H28O3Si/c1-6-24(5,7-2)18-11-9-17(10-12-18)20(21)23-22-19-13-8-15(3)14-16(19)4/h6-7,9-12,15-16,19H,1-2,8,13-14H2,3-5H3. The molecule has 2 rings (SSSR count). The first kappa shape index (κ1) is 18.7. The van der Waals surface area contributed by atoms with Crippen molar-refractivity contribution in [2.24, 2.45) is 11.8 Å². The highest BCUT2D eigenvalue weighted by molar-refractivity contribution is 6.98. The van der Waals surface area contributed by atoms with Gasteiger partial charge in [-0.2, -0.15) is 4.89 Å². The summed E-state index contributed by atoms with van der Waals surface area (Å²) in [5.41, 5.74) is 4.45. The third-order valence-electron chi connectivity index (χ3n) is 5.19. The molecule has 1 aromatic carbocycles. The van der Waals surface area contributed by atoms with E-state index < -0.39 is 14.0 Å². The lowest BCUT2D eigenvalue weighted by molar-refractivity contribution is -0.290. The summed E-state index contributed by atoms with van der Waals surface area (Å²) >= 11 is 0. The minimum atomic E-state index is -1.85. The molecule has 0 radical (unpaired) electrons. The number of rotatable bonds is 6. The molecule has 1 aliphatic carbocycles. The van der Waals surface area contributed by atoms with E-state index in [0.29, 0.717) is 11.5 Å². The molecule has 4 heteroatoms. The first-order valence-electron chi connectivity index (χ1n) is 8.65. The fourth-order valence-electron chi connectivity index (χ4n) is 3.22. The van der Waals surface area contributed by atoms with E-state index in [-0.39, 0.29) is 6.10 Å². The minimum Gasteiger partial charge on any atom is -0.293 e. The summed E-state index contributed by atoms with van der Waals surface area (Å²) in [7, 11) is -1.85. The third-order valence-corrected chi connectivity index (χ3v) is 8.46. The summed E-state index contributed by atoms with van der Waals surface area (Å²) in [6.45, 7) is 14.4. The lowest BCUT2D eigenvalue weighted by Crippen LogP contribution is -2.40. The molecule has 24 heavy (non-hydrogen) atoms. The molecule has 0 N–H and O–H groups in total. The first-order valence-corrected chi connectivity index (χ1v) is 11.3. The second-order valence-corrected chi connectivity index (χ2v) is 11.1. The number of carbonyl (C=O) groups excluding carboxylic acids is 1. The van der Waals surface area contributed by atoms with E-state index in [1.165, 1.54) is 5.19 Å². The number of benzene rings is 1. The SMILES string of the molecule is C=C[Si](C)(C=C)c1ccc(C(=O)OOC2CCC(C)CC2C)cc1. The zero-order chi connectivity index (χ0) is 17.7. The lowest BCUT2D eigenvalue weighted by Gasteiger charge is -2.30. The van der Waals surface area contributed by atoms with Crippen molar-refractivity contribution in [2.75, 3.05) is 0 Å². The van der Waals surface area contributed by atoms with Crippen LogP contribution in [-0.2, 0) is 9.78 Å². The molecule has 130 valence electrons. The van der Waals surface area contributed by atoms with Crippen LogP contribution >= 0.6 is 0 Å². The fraction of sp³-hybridized carbons (Fsp3) is 0.450. The van der Waals surface area contributed by atoms with Crippen molar-refractivity contribution in [1.29, 1.82) is 0 Å². The van der Waals surface area contributed by atoms with Gasteiger partial charge in [-0.05, 0) is 43.2 Å². The minimum absolute atomic E-state index is 0.00153. The van der Waals surface area contributed by atoms with Crippen LogP contribution in [-0.4, -0.2) is 20.1 Å². The van der Waals surface area contributed by atoms with Crippen molar-refractivity contribution in [3.05, 3.63) is 54.4 Å². The monoisotopic (exact) mass is 344 g/mol. The summed E-state index contributed by atoms with van der Waals surface area (Å²) in [5.74, 6) is 0.694. The Morgan fingerprint density at radius 1 is 1.17 bits per heavy atom. The Morgan fingerprint density at radius 3 is 2.33 bits per heavy atom. The van der Waals surface area contributed by atoms with Crippen LogP contribution in [0.4, 0.5) is 0 Å². The van der Waals surface area contributed by atoms with Crippen LogP contribution in [0, 0.1) is 11.8 Å². The highest BCUT2D eigenvalue weighted by Crippen LogP contribution is 2.30. The predicted octanol–water partition coefficient (Wildman–Crippen LogP) is 4.34.